The Morgan fingerprint density at radius 2 is 1.65 bits per heavy atom. The van der Waals surface area contributed by atoms with E-state index in [1.54, 1.807) is 49.6 Å². The Morgan fingerprint density at radius 3 is 2.32 bits per heavy atom. The van der Waals surface area contributed by atoms with Gasteiger partial charge in [0.15, 0.2) is 0 Å². The van der Waals surface area contributed by atoms with Crippen molar-refractivity contribution < 1.29 is 27.5 Å². The van der Waals surface area contributed by atoms with Crippen LogP contribution >= 0.6 is 0 Å². The number of rotatable bonds is 7. The topological polar surface area (TPSA) is 70.7 Å². The van der Waals surface area contributed by atoms with Gasteiger partial charge in [0.25, 0.3) is 11.8 Å². The third-order valence-corrected chi connectivity index (χ3v) is 6.38. The lowest BCUT2D eigenvalue weighted by atomic mass is 10.0. The number of hydrogen-bond acceptors (Lipinski definition) is 4. The van der Waals surface area contributed by atoms with Crippen molar-refractivity contribution in [2.24, 2.45) is 0 Å². The minimum absolute atomic E-state index is 0.00718. The molecule has 0 spiro atoms. The Kier molecular flexibility index (Phi) is 8.01. The summed E-state index contributed by atoms with van der Waals surface area (Å²) >= 11 is 0. The molecule has 0 bridgehead atoms. The molecule has 0 radical (unpaired) electrons. The van der Waals surface area contributed by atoms with Crippen LogP contribution in [0.15, 0.2) is 72.8 Å². The Balaban J connectivity index is 1.34. The zero-order valence-electron chi connectivity index (χ0n) is 20.3. The number of nitrogens with one attached hydrogen (secondary N) is 2. The lowest BCUT2D eigenvalue weighted by Gasteiger charge is -2.35. The normalized spacial score (nSPS) is 14.2. The SMILES string of the molecule is COc1ccc(C(=O)NC2CCN(c3ccccc3C(=O)NCc3cccc(C(F)(F)F)c3)CC2)cc1. The number of hydrogen-bond donors (Lipinski definition) is 2. The number of amides is 2. The first-order valence-corrected chi connectivity index (χ1v) is 12.0. The first-order valence-electron chi connectivity index (χ1n) is 12.0. The quantitative estimate of drug-likeness (QED) is 0.466. The van der Waals surface area contributed by atoms with Gasteiger partial charge in [-0.3, -0.25) is 9.59 Å². The van der Waals surface area contributed by atoms with Crippen molar-refractivity contribution in [1.82, 2.24) is 10.6 Å². The van der Waals surface area contributed by atoms with Crippen molar-refractivity contribution in [3.8, 4) is 5.75 Å². The van der Waals surface area contributed by atoms with E-state index >= 15 is 0 Å². The summed E-state index contributed by atoms with van der Waals surface area (Å²) in [6, 6.07) is 19.0. The molecular weight excluding hydrogens is 483 g/mol. The maximum Gasteiger partial charge on any atom is 0.416 e. The molecular formula is C28H28F3N3O3. The molecule has 1 aliphatic heterocycles. The molecule has 0 aliphatic carbocycles. The number of alkyl halides is 3. The van der Waals surface area contributed by atoms with Crippen molar-refractivity contribution in [3.63, 3.8) is 0 Å². The lowest BCUT2D eigenvalue weighted by Crippen LogP contribution is -2.45. The standard InChI is InChI=1S/C28H28F3N3O3/c1-37-23-11-9-20(10-12-23)26(35)33-22-13-15-34(16-14-22)25-8-3-2-7-24(25)27(36)32-18-19-5-4-6-21(17-19)28(29,30)31/h2-12,17,22H,13-16,18H2,1H3,(H,32,36)(H,33,35). The fourth-order valence-corrected chi connectivity index (χ4v) is 4.35. The molecule has 3 aromatic carbocycles. The molecule has 37 heavy (non-hydrogen) atoms. The number of para-hydroxylation sites is 1. The molecule has 1 saturated heterocycles. The van der Waals surface area contributed by atoms with Crippen LogP contribution in [0.5, 0.6) is 5.75 Å². The molecule has 0 atom stereocenters. The van der Waals surface area contributed by atoms with Crippen molar-refractivity contribution >= 4 is 17.5 Å². The number of carbonyl (C=O) groups excluding carboxylic acids is 2. The molecule has 0 saturated carbocycles. The van der Waals surface area contributed by atoms with E-state index in [0.717, 1.165) is 17.8 Å². The molecule has 1 aliphatic rings. The van der Waals surface area contributed by atoms with Gasteiger partial charge in [-0.15, -0.1) is 0 Å². The van der Waals surface area contributed by atoms with Crippen LogP contribution in [0, 0.1) is 0 Å². The highest BCUT2D eigenvalue weighted by atomic mass is 19.4. The van der Waals surface area contributed by atoms with E-state index < -0.39 is 11.7 Å². The molecule has 0 unspecified atom stereocenters. The van der Waals surface area contributed by atoms with Crippen molar-refractivity contribution in [1.29, 1.82) is 0 Å². The highest BCUT2D eigenvalue weighted by molar-refractivity contribution is 5.99. The fourth-order valence-electron chi connectivity index (χ4n) is 4.35. The highest BCUT2D eigenvalue weighted by Crippen LogP contribution is 2.30. The first kappa shape index (κ1) is 26.1. The Morgan fingerprint density at radius 1 is 0.946 bits per heavy atom. The third-order valence-electron chi connectivity index (χ3n) is 6.38. The number of ether oxygens (including phenoxy) is 1. The molecule has 6 nitrogen and oxygen atoms in total. The van der Waals surface area contributed by atoms with E-state index in [0.29, 0.717) is 48.4 Å². The molecule has 2 amide bonds. The van der Waals surface area contributed by atoms with Crippen molar-refractivity contribution in [2.45, 2.75) is 31.6 Å². The van der Waals surface area contributed by atoms with Crippen LogP contribution in [0.4, 0.5) is 18.9 Å². The molecule has 0 aromatic heterocycles. The average Bonchev–Trinajstić information content (AvgIpc) is 2.92. The Hall–Kier alpha value is -4.01. The van der Waals surface area contributed by atoms with Gasteiger partial charge in [-0.2, -0.15) is 13.2 Å². The fraction of sp³-hybridized carbons (Fsp3) is 0.286. The van der Waals surface area contributed by atoms with E-state index in [9.17, 15) is 22.8 Å². The van der Waals surface area contributed by atoms with Gasteiger partial charge in [0, 0.05) is 36.9 Å². The van der Waals surface area contributed by atoms with Crippen molar-refractivity contribution in [2.75, 3.05) is 25.1 Å². The number of carbonyl (C=O) groups is 2. The molecule has 194 valence electrons. The number of nitrogens with zero attached hydrogens (tertiary/aromatic N) is 1. The molecule has 4 rings (SSSR count). The minimum atomic E-state index is -4.44. The predicted octanol–water partition coefficient (Wildman–Crippen LogP) is 5.04. The Labute approximate surface area is 213 Å². The van der Waals surface area contributed by atoms with Crippen LogP contribution in [0.25, 0.3) is 0 Å². The van der Waals surface area contributed by atoms with Gasteiger partial charge in [0.2, 0.25) is 0 Å². The predicted molar refractivity (Wildman–Crippen MR) is 135 cm³/mol. The third kappa shape index (κ3) is 6.61. The van der Waals surface area contributed by atoms with Crippen LogP contribution in [-0.4, -0.2) is 38.1 Å². The van der Waals surface area contributed by atoms with Gasteiger partial charge in [-0.05, 0) is 66.9 Å². The number of benzene rings is 3. The zero-order valence-corrected chi connectivity index (χ0v) is 20.3. The minimum Gasteiger partial charge on any atom is -0.497 e. The largest absolute Gasteiger partial charge is 0.497 e. The first-order chi connectivity index (χ1) is 17.7. The average molecular weight is 512 g/mol. The molecule has 9 heteroatoms. The van der Waals surface area contributed by atoms with Crippen LogP contribution in [0.3, 0.4) is 0 Å². The number of halogens is 3. The maximum absolute atomic E-state index is 13.0. The van der Waals surface area contributed by atoms with Crippen LogP contribution < -0.4 is 20.3 Å². The second-order valence-electron chi connectivity index (χ2n) is 8.86. The monoisotopic (exact) mass is 511 g/mol. The lowest BCUT2D eigenvalue weighted by molar-refractivity contribution is -0.137. The van der Waals surface area contributed by atoms with E-state index in [-0.39, 0.29) is 24.4 Å². The summed E-state index contributed by atoms with van der Waals surface area (Å²) in [5, 5.41) is 5.81. The van der Waals surface area contributed by atoms with Crippen LogP contribution in [0.1, 0.15) is 44.7 Å². The van der Waals surface area contributed by atoms with E-state index in [2.05, 4.69) is 15.5 Å². The molecule has 3 aromatic rings. The summed E-state index contributed by atoms with van der Waals surface area (Å²) in [4.78, 5) is 27.6. The van der Waals surface area contributed by atoms with E-state index in [1.807, 2.05) is 12.1 Å². The summed E-state index contributed by atoms with van der Waals surface area (Å²) in [5.74, 6) is 0.181. The van der Waals surface area contributed by atoms with Gasteiger partial charge < -0.3 is 20.3 Å². The summed E-state index contributed by atoms with van der Waals surface area (Å²) in [6.07, 6.45) is -3.02. The summed E-state index contributed by atoms with van der Waals surface area (Å²) in [6.45, 7) is 1.27. The number of anilines is 1. The van der Waals surface area contributed by atoms with E-state index in [1.165, 1.54) is 6.07 Å². The molecule has 1 heterocycles. The highest BCUT2D eigenvalue weighted by Gasteiger charge is 2.30. The van der Waals surface area contributed by atoms with Crippen LogP contribution in [-0.2, 0) is 12.7 Å². The smallest absolute Gasteiger partial charge is 0.416 e. The van der Waals surface area contributed by atoms with Gasteiger partial charge in [0.05, 0.1) is 18.2 Å². The van der Waals surface area contributed by atoms with E-state index in [4.69, 9.17) is 4.74 Å². The number of methoxy groups -OCH3 is 1. The number of piperidine rings is 1. The van der Waals surface area contributed by atoms with Gasteiger partial charge in [0.1, 0.15) is 5.75 Å². The van der Waals surface area contributed by atoms with Gasteiger partial charge in [-0.1, -0.05) is 24.3 Å². The van der Waals surface area contributed by atoms with Gasteiger partial charge in [-0.25, -0.2) is 0 Å². The zero-order chi connectivity index (χ0) is 26.4. The summed E-state index contributed by atoms with van der Waals surface area (Å²) in [5.41, 5.74) is 1.39. The van der Waals surface area contributed by atoms with Gasteiger partial charge >= 0.3 is 6.18 Å². The Bertz CT molecular complexity index is 1240. The summed E-state index contributed by atoms with van der Waals surface area (Å²) < 4.78 is 44.1. The van der Waals surface area contributed by atoms with Crippen molar-refractivity contribution in [3.05, 3.63) is 95.1 Å². The molecule has 2 N–H and O–H groups in total. The maximum atomic E-state index is 13.0. The summed E-state index contributed by atoms with van der Waals surface area (Å²) in [7, 11) is 1.57. The second kappa shape index (κ2) is 11.4. The second-order valence-corrected chi connectivity index (χ2v) is 8.86. The van der Waals surface area contributed by atoms with Crippen LogP contribution in [0.2, 0.25) is 0 Å². The molecule has 1 fully saturated rings.